The first-order chi connectivity index (χ1) is 8.66. The van der Waals surface area contributed by atoms with Crippen LogP contribution in [0.15, 0.2) is 36.7 Å². The molecule has 0 radical (unpaired) electrons. The molecule has 1 heterocycles. The molecule has 0 bridgehead atoms. The number of carbonyl (C=O) groups excluding carboxylic acids is 1. The van der Waals surface area contributed by atoms with Gasteiger partial charge in [0.15, 0.2) is 5.15 Å². The minimum atomic E-state index is -0.386. The van der Waals surface area contributed by atoms with E-state index in [2.05, 4.69) is 15.3 Å². The number of nitrogens with one attached hydrogen (secondary N) is 1. The number of carbonyl (C=O) groups is 1. The van der Waals surface area contributed by atoms with E-state index in [4.69, 9.17) is 11.6 Å². The Morgan fingerprint density at radius 1 is 1.22 bits per heavy atom. The lowest BCUT2D eigenvalue weighted by Gasteiger charge is -2.05. The molecule has 2 rings (SSSR count). The molecule has 1 aromatic heterocycles. The predicted molar refractivity (Wildman–Crippen MR) is 64.6 cm³/mol. The van der Waals surface area contributed by atoms with Gasteiger partial charge in [0.25, 0.3) is 5.91 Å². The first kappa shape index (κ1) is 12.4. The van der Waals surface area contributed by atoms with Crippen molar-refractivity contribution in [3.8, 4) is 0 Å². The van der Waals surface area contributed by atoms with Gasteiger partial charge < -0.3 is 5.32 Å². The Morgan fingerprint density at radius 2 is 1.89 bits per heavy atom. The molecule has 0 fully saturated rings. The van der Waals surface area contributed by atoms with Crippen LogP contribution in [0.4, 0.5) is 4.39 Å². The standard InChI is InChI=1S/C12H9ClFN3O/c13-11-10(15-5-6-16-11)7-17-12(18)8-1-3-9(14)4-2-8/h1-6H,7H2,(H,17,18). The number of aromatic nitrogens is 2. The molecule has 0 atom stereocenters. The van der Waals surface area contributed by atoms with Crippen molar-refractivity contribution in [1.82, 2.24) is 15.3 Å². The summed E-state index contributed by atoms with van der Waals surface area (Å²) in [4.78, 5) is 19.5. The van der Waals surface area contributed by atoms with Crippen molar-refractivity contribution in [2.24, 2.45) is 0 Å². The summed E-state index contributed by atoms with van der Waals surface area (Å²) >= 11 is 5.80. The zero-order valence-corrected chi connectivity index (χ0v) is 9.99. The molecular weight excluding hydrogens is 257 g/mol. The lowest BCUT2D eigenvalue weighted by atomic mass is 10.2. The quantitative estimate of drug-likeness (QED) is 0.926. The first-order valence-electron chi connectivity index (χ1n) is 5.16. The van der Waals surface area contributed by atoms with Gasteiger partial charge in [-0.1, -0.05) is 11.6 Å². The summed E-state index contributed by atoms with van der Waals surface area (Å²) in [5, 5.41) is 2.87. The van der Waals surface area contributed by atoms with Crippen molar-refractivity contribution in [1.29, 1.82) is 0 Å². The van der Waals surface area contributed by atoms with Gasteiger partial charge >= 0.3 is 0 Å². The largest absolute Gasteiger partial charge is 0.346 e. The summed E-state index contributed by atoms with van der Waals surface area (Å²) in [6.07, 6.45) is 2.96. The minimum absolute atomic E-state index is 0.170. The fourth-order valence-corrected chi connectivity index (χ4v) is 1.51. The van der Waals surface area contributed by atoms with E-state index in [9.17, 15) is 9.18 Å². The molecule has 0 aliphatic carbocycles. The Labute approximate surface area is 108 Å². The monoisotopic (exact) mass is 265 g/mol. The first-order valence-corrected chi connectivity index (χ1v) is 5.54. The van der Waals surface area contributed by atoms with Crippen molar-refractivity contribution in [3.63, 3.8) is 0 Å². The molecule has 1 N–H and O–H groups in total. The van der Waals surface area contributed by atoms with Crippen LogP contribution < -0.4 is 5.32 Å². The van der Waals surface area contributed by atoms with Gasteiger partial charge in [0, 0.05) is 18.0 Å². The fourth-order valence-electron chi connectivity index (χ4n) is 1.34. The van der Waals surface area contributed by atoms with Crippen molar-refractivity contribution in [2.75, 3.05) is 0 Å². The number of amides is 1. The highest BCUT2D eigenvalue weighted by molar-refractivity contribution is 6.30. The Bertz CT molecular complexity index is 560. The van der Waals surface area contributed by atoms with E-state index in [-0.39, 0.29) is 23.4 Å². The molecule has 4 nitrogen and oxygen atoms in total. The van der Waals surface area contributed by atoms with Gasteiger partial charge in [0.1, 0.15) is 5.82 Å². The summed E-state index contributed by atoms with van der Waals surface area (Å²) in [5.74, 6) is -0.708. The van der Waals surface area contributed by atoms with E-state index < -0.39 is 0 Å². The zero-order valence-electron chi connectivity index (χ0n) is 9.23. The van der Waals surface area contributed by atoms with Crippen LogP contribution in [0.25, 0.3) is 0 Å². The van der Waals surface area contributed by atoms with Gasteiger partial charge in [-0.2, -0.15) is 0 Å². The number of halogens is 2. The topological polar surface area (TPSA) is 54.9 Å². The molecule has 0 saturated heterocycles. The molecule has 1 aromatic carbocycles. The molecule has 0 aliphatic rings. The number of hydrogen-bond acceptors (Lipinski definition) is 3. The molecular formula is C12H9ClFN3O. The second-order valence-electron chi connectivity index (χ2n) is 3.48. The number of benzene rings is 1. The Morgan fingerprint density at radius 3 is 2.56 bits per heavy atom. The van der Waals surface area contributed by atoms with Gasteiger partial charge in [-0.15, -0.1) is 0 Å². The van der Waals surface area contributed by atoms with Gasteiger partial charge in [-0.05, 0) is 24.3 Å². The summed E-state index contributed by atoms with van der Waals surface area (Å²) in [6, 6.07) is 5.26. The van der Waals surface area contributed by atoms with Crippen LogP contribution in [0, 0.1) is 5.82 Å². The van der Waals surface area contributed by atoms with Gasteiger partial charge in [0.2, 0.25) is 0 Å². The number of rotatable bonds is 3. The van der Waals surface area contributed by atoms with Gasteiger partial charge in [-0.3, -0.25) is 9.78 Å². The molecule has 0 unspecified atom stereocenters. The highest BCUT2D eigenvalue weighted by atomic mass is 35.5. The van der Waals surface area contributed by atoms with Gasteiger partial charge in [-0.25, -0.2) is 9.37 Å². The maximum Gasteiger partial charge on any atom is 0.251 e. The second-order valence-corrected chi connectivity index (χ2v) is 3.84. The van der Waals surface area contributed by atoms with Crippen LogP contribution in [0.2, 0.25) is 5.15 Å². The van der Waals surface area contributed by atoms with E-state index in [0.29, 0.717) is 11.3 Å². The molecule has 6 heteroatoms. The highest BCUT2D eigenvalue weighted by Crippen LogP contribution is 2.08. The summed E-state index contributed by atoms with van der Waals surface area (Å²) in [7, 11) is 0. The molecule has 92 valence electrons. The third-order valence-corrected chi connectivity index (χ3v) is 2.56. The molecule has 0 spiro atoms. The van der Waals surface area contributed by atoms with Crippen LogP contribution in [0.5, 0.6) is 0 Å². The van der Waals surface area contributed by atoms with Crippen molar-refractivity contribution >= 4 is 17.5 Å². The third-order valence-electron chi connectivity index (χ3n) is 2.25. The Hall–Kier alpha value is -2.01. The maximum absolute atomic E-state index is 12.7. The van der Waals surface area contributed by atoms with Crippen molar-refractivity contribution < 1.29 is 9.18 Å². The molecule has 2 aromatic rings. The normalized spacial score (nSPS) is 10.1. The van der Waals surface area contributed by atoms with Gasteiger partial charge in [0.05, 0.1) is 12.2 Å². The number of hydrogen-bond donors (Lipinski definition) is 1. The fraction of sp³-hybridized carbons (Fsp3) is 0.0833. The Balaban J connectivity index is 2.01. The zero-order chi connectivity index (χ0) is 13.0. The minimum Gasteiger partial charge on any atom is -0.346 e. The summed E-state index contributed by atoms with van der Waals surface area (Å²) in [6.45, 7) is 0.170. The van der Waals surface area contributed by atoms with E-state index >= 15 is 0 Å². The van der Waals surface area contributed by atoms with Crippen LogP contribution >= 0.6 is 11.6 Å². The SMILES string of the molecule is O=C(NCc1nccnc1Cl)c1ccc(F)cc1. The number of nitrogens with zero attached hydrogens (tertiary/aromatic N) is 2. The van der Waals surface area contributed by atoms with Crippen LogP contribution in [0.3, 0.4) is 0 Å². The van der Waals surface area contributed by atoms with Crippen LogP contribution in [-0.2, 0) is 6.54 Å². The Kier molecular flexibility index (Phi) is 3.84. The average Bonchev–Trinajstić information content (AvgIpc) is 2.38. The average molecular weight is 266 g/mol. The van der Waals surface area contributed by atoms with Crippen molar-refractivity contribution in [3.05, 3.63) is 58.9 Å². The molecule has 1 amide bonds. The summed E-state index contributed by atoms with van der Waals surface area (Å²) in [5.41, 5.74) is 0.853. The predicted octanol–water partition coefficient (Wildman–Crippen LogP) is 2.20. The van der Waals surface area contributed by atoms with Crippen LogP contribution in [-0.4, -0.2) is 15.9 Å². The van der Waals surface area contributed by atoms with E-state index in [1.165, 1.54) is 36.7 Å². The molecule has 0 saturated carbocycles. The lowest BCUT2D eigenvalue weighted by molar-refractivity contribution is 0.0950. The molecule has 0 aliphatic heterocycles. The van der Waals surface area contributed by atoms with Crippen LogP contribution in [0.1, 0.15) is 16.1 Å². The molecule has 18 heavy (non-hydrogen) atoms. The smallest absolute Gasteiger partial charge is 0.251 e. The highest BCUT2D eigenvalue weighted by Gasteiger charge is 2.07. The van der Waals surface area contributed by atoms with E-state index in [1.54, 1.807) is 0 Å². The maximum atomic E-state index is 12.7. The van der Waals surface area contributed by atoms with E-state index in [0.717, 1.165) is 0 Å². The van der Waals surface area contributed by atoms with E-state index in [1.807, 2.05) is 0 Å². The third kappa shape index (κ3) is 3.01. The second kappa shape index (κ2) is 5.55. The van der Waals surface area contributed by atoms with Crippen molar-refractivity contribution in [2.45, 2.75) is 6.54 Å². The lowest BCUT2D eigenvalue weighted by Crippen LogP contribution is -2.23. The summed E-state index contributed by atoms with van der Waals surface area (Å²) < 4.78 is 12.7.